The number of rotatable bonds is 6. The molecular formula is C25H22FN3O3. The number of amides is 4. The SMILES string of the molecule is Cc1cccc(N2C(=O)C(CC(=O)Nc3ccccc3)N(Cc3ccc(F)cc3)C2=O)c1. The monoisotopic (exact) mass is 431 g/mol. The predicted molar refractivity (Wildman–Crippen MR) is 119 cm³/mol. The quantitative estimate of drug-likeness (QED) is 0.584. The Morgan fingerprint density at radius 1 is 0.969 bits per heavy atom. The summed E-state index contributed by atoms with van der Waals surface area (Å²) in [6.07, 6.45) is -0.191. The van der Waals surface area contributed by atoms with Crippen LogP contribution in [-0.2, 0) is 16.1 Å². The van der Waals surface area contributed by atoms with E-state index in [1.165, 1.54) is 17.0 Å². The van der Waals surface area contributed by atoms with Crippen LogP contribution in [-0.4, -0.2) is 28.8 Å². The highest BCUT2D eigenvalue weighted by atomic mass is 19.1. The lowest BCUT2D eigenvalue weighted by molar-refractivity contribution is -0.124. The highest BCUT2D eigenvalue weighted by molar-refractivity contribution is 6.22. The lowest BCUT2D eigenvalue weighted by atomic mass is 10.1. The van der Waals surface area contributed by atoms with Crippen LogP contribution in [0.15, 0.2) is 78.9 Å². The minimum atomic E-state index is -0.975. The Morgan fingerprint density at radius 2 is 1.69 bits per heavy atom. The van der Waals surface area contributed by atoms with Gasteiger partial charge in [-0.1, -0.05) is 42.5 Å². The minimum Gasteiger partial charge on any atom is -0.326 e. The molecule has 7 heteroatoms. The van der Waals surface area contributed by atoms with Crippen LogP contribution in [0.3, 0.4) is 0 Å². The third-order valence-corrected chi connectivity index (χ3v) is 5.28. The zero-order valence-electron chi connectivity index (χ0n) is 17.5. The van der Waals surface area contributed by atoms with Gasteiger partial charge in [0.1, 0.15) is 11.9 Å². The maximum atomic E-state index is 13.3. The van der Waals surface area contributed by atoms with Crippen LogP contribution in [0.25, 0.3) is 0 Å². The Kier molecular flexibility index (Phi) is 5.98. The van der Waals surface area contributed by atoms with Gasteiger partial charge in [-0.25, -0.2) is 14.1 Å². The molecule has 1 heterocycles. The fourth-order valence-electron chi connectivity index (χ4n) is 3.71. The van der Waals surface area contributed by atoms with Gasteiger partial charge in [0.15, 0.2) is 0 Å². The number of imide groups is 1. The van der Waals surface area contributed by atoms with E-state index >= 15 is 0 Å². The van der Waals surface area contributed by atoms with Crippen molar-refractivity contribution in [2.75, 3.05) is 10.2 Å². The molecule has 1 aliphatic rings. The van der Waals surface area contributed by atoms with E-state index in [9.17, 15) is 18.8 Å². The van der Waals surface area contributed by atoms with Gasteiger partial charge in [-0.05, 0) is 54.4 Å². The fraction of sp³-hybridized carbons (Fsp3) is 0.160. The second-order valence-electron chi connectivity index (χ2n) is 7.68. The van der Waals surface area contributed by atoms with Gasteiger partial charge in [-0.3, -0.25) is 9.59 Å². The van der Waals surface area contributed by atoms with Crippen LogP contribution in [0.1, 0.15) is 17.5 Å². The largest absolute Gasteiger partial charge is 0.332 e. The van der Waals surface area contributed by atoms with E-state index in [4.69, 9.17) is 0 Å². The summed E-state index contributed by atoms with van der Waals surface area (Å²) >= 11 is 0. The zero-order valence-corrected chi connectivity index (χ0v) is 17.5. The normalized spacial score (nSPS) is 15.9. The summed E-state index contributed by atoms with van der Waals surface area (Å²) in [5.41, 5.74) is 2.62. The van der Waals surface area contributed by atoms with Crippen molar-refractivity contribution in [3.05, 3.63) is 95.8 Å². The van der Waals surface area contributed by atoms with Gasteiger partial charge in [0.05, 0.1) is 12.1 Å². The van der Waals surface area contributed by atoms with Crippen molar-refractivity contribution >= 4 is 29.2 Å². The van der Waals surface area contributed by atoms with E-state index in [2.05, 4.69) is 5.32 Å². The molecule has 4 rings (SSSR count). The number of urea groups is 1. The number of carbonyl (C=O) groups is 3. The summed E-state index contributed by atoms with van der Waals surface area (Å²) in [7, 11) is 0. The van der Waals surface area contributed by atoms with Crippen LogP contribution < -0.4 is 10.2 Å². The van der Waals surface area contributed by atoms with Gasteiger partial charge >= 0.3 is 6.03 Å². The second-order valence-corrected chi connectivity index (χ2v) is 7.68. The first kappa shape index (κ1) is 21.2. The van der Waals surface area contributed by atoms with Gasteiger partial charge in [0.25, 0.3) is 5.91 Å². The highest BCUT2D eigenvalue weighted by Gasteiger charge is 2.46. The zero-order chi connectivity index (χ0) is 22.7. The molecule has 0 aromatic heterocycles. The molecule has 1 atom stereocenters. The first-order chi connectivity index (χ1) is 15.4. The average molecular weight is 431 g/mol. The van der Waals surface area contributed by atoms with Gasteiger partial charge in [-0.15, -0.1) is 0 Å². The van der Waals surface area contributed by atoms with E-state index in [-0.39, 0.29) is 18.9 Å². The molecule has 4 amide bonds. The van der Waals surface area contributed by atoms with E-state index in [0.717, 1.165) is 10.5 Å². The van der Waals surface area contributed by atoms with E-state index < -0.39 is 23.8 Å². The molecule has 0 bridgehead atoms. The first-order valence-corrected chi connectivity index (χ1v) is 10.2. The van der Waals surface area contributed by atoms with E-state index in [1.807, 2.05) is 19.1 Å². The van der Waals surface area contributed by atoms with Crippen LogP contribution in [0.5, 0.6) is 0 Å². The standard InChI is InChI=1S/C25H22FN3O3/c1-17-6-5-9-21(14-17)29-24(31)22(15-23(30)27-20-7-3-2-4-8-20)28(25(29)32)16-18-10-12-19(26)13-11-18/h2-14,22H,15-16H2,1H3,(H,27,30). The number of halogens is 1. The van der Waals surface area contributed by atoms with Crippen molar-refractivity contribution < 1.29 is 18.8 Å². The Balaban J connectivity index is 1.61. The Hall–Kier alpha value is -4.00. The summed E-state index contributed by atoms with van der Waals surface area (Å²) < 4.78 is 13.3. The molecule has 6 nitrogen and oxygen atoms in total. The summed E-state index contributed by atoms with van der Waals surface area (Å²) in [5, 5.41) is 2.76. The maximum Gasteiger partial charge on any atom is 0.332 e. The number of carbonyl (C=O) groups excluding carboxylic acids is 3. The molecule has 162 valence electrons. The van der Waals surface area contributed by atoms with Crippen molar-refractivity contribution in [2.45, 2.75) is 25.9 Å². The lowest BCUT2D eigenvalue weighted by Gasteiger charge is -2.21. The van der Waals surface area contributed by atoms with Crippen LogP contribution in [0.2, 0.25) is 0 Å². The van der Waals surface area contributed by atoms with Crippen molar-refractivity contribution in [3.63, 3.8) is 0 Å². The molecule has 1 N–H and O–H groups in total. The smallest absolute Gasteiger partial charge is 0.326 e. The van der Waals surface area contributed by atoms with Gasteiger partial charge < -0.3 is 10.2 Å². The number of hydrogen-bond acceptors (Lipinski definition) is 3. The first-order valence-electron chi connectivity index (χ1n) is 10.2. The summed E-state index contributed by atoms with van der Waals surface area (Å²) in [5.74, 6) is -1.23. The third kappa shape index (κ3) is 4.51. The average Bonchev–Trinajstić information content (AvgIpc) is 3.00. The number of nitrogens with one attached hydrogen (secondary N) is 1. The van der Waals surface area contributed by atoms with E-state index in [0.29, 0.717) is 16.9 Å². The van der Waals surface area contributed by atoms with Crippen molar-refractivity contribution in [2.24, 2.45) is 0 Å². The van der Waals surface area contributed by atoms with E-state index in [1.54, 1.807) is 54.6 Å². The fourth-order valence-corrected chi connectivity index (χ4v) is 3.71. The molecule has 0 saturated carbocycles. The number of benzene rings is 3. The lowest BCUT2D eigenvalue weighted by Crippen LogP contribution is -2.37. The molecule has 1 saturated heterocycles. The molecular weight excluding hydrogens is 409 g/mol. The van der Waals surface area contributed by atoms with Crippen molar-refractivity contribution in [1.82, 2.24) is 4.90 Å². The summed E-state index contributed by atoms with van der Waals surface area (Å²) in [6.45, 7) is 1.95. The molecule has 1 fully saturated rings. The van der Waals surface area contributed by atoms with Crippen LogP contribution in [0, 0.1) is 12.7 Å². The molecule has 0 aliphatic carbocycles. The Labute approximate surface area is 185 Å². The van der Waals surface area contributed by atoms with Crippen molar-refractivity contribution in [1.29, 1.82) is 0 Å². The number of aryl methyl sites for hydroxylation is 1. The van der Waals surface area contributed by atoms with Crippen molar-refractivity contribution in [3.8, 4) is 0 Å². The summed E-state index contributed by atoms with van der Waals surface area (Å²) in [4.78, 5) is 41.7. The Morgan fingerprint density at radius 3 is 2.38 bits per heavy atom. The topological polar surface area (TPSA) is 69.7 Å². The predicted octanol–water partition coefficient (Wildman–Crippen LogP) is 4.50. The second kappa shape index (κ2) is 9.01. The number of nitrogens with zero attached hydrogens (tertiary/aromatic N) is 2. The molecule has 32 heavy (non-hydrogen) atoms. The van der Waals surface area contributed by atoms with Gasteiger partial charge in [0.2, 0.25) is 5.91 Å². The van der Waals surface area contributed by atoms with Gasteiger partial charge in [-0.2, -0.15) is 0 Å². The highest BCUT2D eigenvalue weighted by Crippen LogP contribution is 2.29. The van der Waals surface area contributed by atoms with Crippen LogP contribution in [0.4, 0.5) is 20.6 Å². The Bertz CT molecular complexity index is 1150. The molecule has 1 aliphatic heterocycles. The molecule has 1 unspecified atom stereocenters. The number of hydrogen-bond donors (Lipinski definition) is 1. The molecule has 3 aromatic rings. The van der Waals surface area contributed by atoms with Gasteiger partial charge in [0, 0.05) is 12.2 Å². The minimum absolute atomic E-state index is 0.0798. The molecule has 0 radical (unpaired) electrons. The maximum absolute atomic E-state index is 13.3. The number of para-hydroxylation sites is 1. The summed E-state index contributed by atoms with van der Waals surface area (Å²) in [6, 6.07) is 20.2. The third-order valence-electron chi connectivity index (χ3n) is 5.28. The number of anilines is 2. The van der Waals surface area contributed by atoms with Crippen LogP contribution >= 0.6 is 0 Å². The molecule has 3 aromatic carbocycles. The molecule has 0 spiro atoms.